The summed E-state index contributed by atoms with van der Waals surface area (Å²) >= 11 is 5.90. The molecular formula is C10H13ClO3. The summed E-state index contributed by atoms with van der Waals surface area (Å²) in [4.78, 5) is 0. The molecule has 78 valence electrons. The summed E-state index contributed by atoms with van der Waals surface area (Å²) in [6.07, 6.45) is -1.81. The number of ether oxygens (including phenoxy) is 1. The van der Waals surface area contributed by atoms with Crippen molar-refractivity contribution in [2.75, 3.05) is 7.11 Å². The molecule has 0 fully saturated rings. The van der Waals surface area contributed by atoms with Gasteiger partial charge in [-0.2, -0.15) is 0 Å². The van der Waals surface area contributed by atoms with Gasteiger partial charge in [-0.15, -0.1) is 0 Å². The molecule has 14 heavy (non-hydrogen) atoms. The maximum absolute atomic E-state index is 9.57. The topological polar surface area (TPSA) is 49.7 Å². The standard InChI is InChI=1S/C10H13ClO3/c1-6(12)10(13)8-4-3-7(14-2)5-9(8)11/h3-6,10,12-13H,1-2H3. The van der Waals surface area contributed by atoms with Gasteiger partial charge in [-0.05, 0) is 19.1 Å². The van der Waals surface area contributed by atoms with Gasteiger partial charge in [0, 0.05) is 5.56 Å². The van der Waals surface area contributed by atoms with Crippen molar-refractivity contribution < 1.29 is 14.9 Å². The molecule has 3 nitrogen and oxygen atoms in total. The van der Waals surface area contributed by atoms with Crippen LogP contribution in [0.5, 0.6) is 5.75 Å². The molecule has 4 heteroatoms. The van der Waals surface area contributed by atoms with Crippen LogP contribution in [0.2, 0.25) is 5.02 Å². The SMILES string of the molecule is COc1ccc(C(O)C(C)O)c(Cl)c1. The highest BCUT2D eigenvalue weighted by Gasteiger charge is 2.16. The molecule has 2 N–H and O–H groups in total. The summed E-state index contributed by atoms with van der Waals surface area (Å²) in [5, 5.41) is 19.1. The van der Waals surface area contributed by atoms with E-state index in [-0.39, 0.29) is 0 Å². The van der Waals surface area contributed by atoms with Crippen LogP contribution in [0.4, 0.5) is 0 Å². The van der Waals surface area contributed by atoms with E-state index in [9.17, 15) is 10.2 Å². The monoisotopic (exact) mass is 216 g/mol. The van der Waals surface area contributed by atoms with Crippen LogP contribution in [0.1, 0.15) is 18.6 Å². The zero-order valence-electron chi connectivity index (χ0n) is 8.07. The van der Waals surface area contributed by atoms with Crippen LogP contribution in [0.25, 0.3) is 0 Å². The minimum atomic E-state index is -0.964. The van der Waals surface area contributed by atoms with Crippen LogP contribution in [-0.2, 0) is 0 Å². The lowest BCUT2D eigenvalue weighted by Crippen LogP contribution is -2.14. The zero-order valence-corrected chi connectivity index (χ0v) is 8.82. The zero-order chi connectivity index (χ0) is 10.7. The van der Waals surface area contributed by atoms with Gasteiger partial charge in [0.2, 0.25) is 0 Å². The van der Waals surface area contributed by atoms with Crippen LogP contribution < -0.4 is 4.74 Å². The largest absolute Gasteiger partial charge is 0.497 e. The van der Waals surface area contributed by atoms with E-state index in [1.165, 1.54) is 14.0 Å². The van der Waals surface area contributed by atoms with Crippen molar-refractivity contribution in [2.45, 2.75) is 19.1 Å². The highest BCUT2D eigenvalue weighted by Crippen LogP contribution is 2.28. The highest BCUT2D eigenvalue weighted by atomic mass is 35.5. The van der Waals surface area contributed by atoms with Gasteiger partial charge < -0.3 is 14.9 Å². The third-order valence-electron chi connectivity index (χ3n) is 1.98. The fourth-order valence-corrected chi connectivity index (χ4v) is 1.42. The summed E-state index contributed by atoms with van der Waals surface area (Å²) in [7, 11) is 1.54. The number of hydrogen-bond donors (Lipinski definition) is 2. The van der Waals surface area contributed by atoms with Crippen molar-refractivity contribution in [1.82, 2.24) is 0 Å². The average Bonchev–Trinajstić information content (AvgIpc) is 2.16. The fourth-order valence-electron chi connectivity index (χ4n) is 1.13. The van der Waals surface area contributed by atoms with E-state index in [1.807, 2.05) is 0 Å². The molecule has 1 rings (SSSR count). The normalized spacial score (nSPS) is 14.9. The van der Waals surface area contributed by atoms with Crippen LogP contribution in [0, 0.1) is 0 Å². The molecule has 0 radical (unpaired) electrons. The third kappa shape index (κ3) is 2.38. The fraction of sp³-hybridized carbons (Fsp3) is 0.400. The Balaban J connectivity index is 2.99. The lowest BCUT2D eigenvalue weighted by atomic mass is 10.1. The molecule has 0 bridgehead atoms. The van der Waals surface area contributed by atoms with Gasteiger partial charge in [0.15, 0.2) is 0 Å². The van der Waals surface area contributed by atoms with Crippen molar-refractivity contribution in [2.24, 2.45) is 0 Å². The van der Waals surface area contributed by atoms with E-state index < -0.39 is 12.2 Å². The van der Waals surface area contributed by atoms with Crippen molar-refractivity contribution in [3.63, 3.8) is 0 Å². The van der Waals surface area contributed by atoms with Gasteiger partial charge in [-0.1, -0.05) is 17.7 Å². The number of hydrogen-bond acceptors (Lipinski definition) is 3. The van der Waals surface area contributed by atoms with E-state index in [1.54, 1.807) is 18.2 Å². The van der Waals surface area contributed by atoms with E-state index in [2.05, 4.69) is 0 Å². The summed E-state index contributed by atoms with van der Waals surface area (Å²) in [6, 6.07) is 4.92. The Morgan fingerprint density at radius 2 is 2.00 bits per heavy atom. The summed E-state index contributed by atoms with van der Waals surface area (Å²) in [6.45, 7) is 1.51. The first-order valence-electron chi connectivity index (χ1n) is 4.26. The Morgan fingerprint density at radius 1 is 1.36 bits per heavy atom. The second-order valence-corrected chi connectivity index (χ2v) is 3.48. The van der Waals surface area contributed by atoms with Gasteiger partial charge in [0.1, 0.15) is 11.9 Å². The van der Waals surface area contributed by atoms with Gasteiger partial charge in [-0.25, -0.2) is 0 Å². The lowest BCUT2D eigenvalue weighted by Gasteiger charge is -2.15. The molecule has 1 aromatic carbocycles. The molecule has 0 aliphatic heterocycles. The molecule has 1 aromatic rings. The van der Waals surface area contributed by atoms with Crippen molar-refractivity contribution in [3.8, 4) is 5.75 Å². The second-order valence-electron chi connectivity index (χ2n) is 3.07. The first-order chi connectivity index (χ1) is 6.56. The smallest absolute Gasteiger partial charge is 0.120 e. The lowest BCUT2D eigenvalue weighted by molar-refractivity contribution is 0.0306. The van der Waals surface area contributed by atoms with Crippen molar-refractivity contribution in [1.29, 1.82) is 0 Å². The molecule has 0 saturated carbocycles. The van der Waals surface area contributed by atoms with Crippen LogP contribution in [-0.4, -0.2) is 23.4 Å². The molecule has 0 aromatic heterocycles. The number of methoxy groups -OCH3 is 1. The first-order valence-corrected chi connectivity index (χ1v) is 4.63. The number of aliphatic hydroxyl groups excluding tert-OH is 2. The van der Waals surface area contributed by atoms with E-state index in [4.69, 9.17) is 16.3 Å². The van der Waals surface area contributed by atoms with Crippen LogP contribution in [0.3, 0.4) is 0 Å². The molecule has 0 aliphatic rings. The average molecular weight is 217 g/mol. The predicted octanol–water partition coefficient (Wildman–Crippen LogP) is 1.76. The van der Waals surface area contributed by atoms with E-state index >= 15 is 0 Å². The Morgan fingerprint density at radius 3 is 2.43 bits per heavy atom. The maximum Gasteiger partial charge on any atom is 0.120 e. The number of rotatable bonds is 3. The minimum Gasteiger partial charge on any atom is -0.497 e. The Kier molecular flexibility index (Phi) is 3.75. The molecule has 0 aliphatic carbocycles. The van der Waals surface area contributed by atoms with Gasteiger partial charge in [-0.3, -0.25) is 0 Å². The molecule has 0 saturated heterocycles. The Labute approximate surface area is 87.9 Å². The quantitative estimate of drug-likeness (QED) is 0.810. The second kappa shape index (κ2) is 4.64. The number of aliphatic hydroxyl groups is 2. The molecule has 2 unspecified atom stereocenters. The van der Waals surface area contributed by atoms with E-state index in [0.717, 1.165) is 0 Å². The summed E-state index contributed by atoms with van der Waals surface area (Å²) in [5.74, 6) is 0.622. The summed E-state index contributed by atoms with van der Waals surface area (Å²) < 4.78 is 4.96. The molecule has 0 amide bonds. The van der Waals surface area contributed by atoms with Crippen LogP contribution >= 0.6 is 11.6 Å². The van der Waals surface area contributed by atoms with Crippen LogP contribution in [0.15, 0.2) is 18.2 Å². The maximum atomic E-state index is 9.57. The number of benzene rings is 1. The molecular weight excluding hydrogens is 204 g/mol. The first kappa shape index (κ1) is 11.3. The van der Waals surface area contributed by atoms with Gasteiger partial charge in [0.25, 0.3) is 0 Å². The predicted molar refractivity (Wildman–Crippen MR) is 54.6 cm³/mol. The molecule has 0 heterocycles. The van der Waals surface area contributed by atoms with Crippen molar-refractivity contribution >= 4 is 11.6 Å². The molecule has 0 spiro atoms. The van der Waals surface area contributed by atoms with Gasteiger partial charge in [0.05, 0.1) is 18.2 Å². The number of halogens is 1. The Hall–Kier alpha value is -0.770. The third-order valence-corrected chi connectivity index (χ3v) is 2.31. The molecule has 2 atom stereocenters. The van der Waals surface area contributed by atoms with E-state index in [0.29, 0.717) is 16.3 Å². The summed E-state index contributed by atoms with van der Waals surface area (Å²) in [5.41, 5.74) is 0.502. The Bertz CT molecular complexity index is 312. The van der Waals surface area contributed by atoms with Gasteiger partial charge >= 0.3 is 0 Å². The highest BCUT2D eigenvalue weighted by molar-refractivity contribution is 6.31. The minimum absolute atomic E-state index is 0.387. The van der Waals surface area contributed by atoms with Crippen molar-refractivity contribution in [3.05, 3.63) is 28.8 Å².